The van der Waals surface area contributed by atoms with Crippen LogP contribution >= 0.6 is 0 Å². The minimum absolute atomic E-state index is 0.676. The first kappa shape index (κ1) is 4.14. The number of aliphatic hydroxyl groups is 1. The van der Waals surface area contributed by atoms with Crippen molar-refractivity contribution in [3.8, 4) is 0 Å². The van der Waals surface area contributed by atoms with Crippen molar-refractivity contribution in [2.75, 3.05) is 0 Å². The van der Waals surface area contributed by atoms with E-state index in [9.17, 15) is 0 Å². The van der Waals surface area contributed by atoms with E-state index in [1.54, 1.807) is 0 Å². The summed E-state index contributed by atoms with van der Waals surface area (Å²) in [5.41, 5.74) is 0. The molecule has 3 heteroatoms. The molecule has 28 valence electrons. The molecule has 0 saturated heterocycles. The highest BCUT2D eigenvalue weighted by atomic mass is 16.3. The molecule has 0 unspecified atom stereocenters. The van der Waals surface area contributed by atoms with E-state index < -0.39 is 5.88 Å². The minimum Gasteiger partial charge on any atom is -0.492 e. The first-order valence-electron chi connectivity index (χ1n) is 0.983. The smallest absolute Gasteiger partial charge is 0.245 e. The molecule has 0 aliphatic rings. The molecule has 0 rings (SSSR count). The molecule has 5 heavy (non-hydrogen) atoms. The van der Waals surface area contributed by atoms with Crippen molar-refractivity contribution in [2.45, 2.75) is 0 Å². The number of nitroso groups, excluding NO2 is 1. The summed E-state index contributed by atoms with van der Waals surface area (Å²) in [5, 5.41) is 9.69. The van der Waals surface area contributed by atoms with Gasteiger partial charge in [0.15, 0.2) is 0 Å². The van der Waals surface area contributed by atoms with Gasteiger partial charge < -0.3 is 5.11 Å². The maximum atomic E-state index is 8.91. The van der Waals surface area contributed by atoms with Crippen molar-refractivity contribution in [3.05, 3.63) is 17.4 Å². The zero-order chi connectivity index (χ0) is 4.28. The van der Waals surface area contributed by atoms with E-state index in [1.165, 1.54) is 0 Å². The predicted octanol–water partition coefficient (Wildman–Crippen LogP) is 0.782. The van der Waals surface area contributed by atoms with Gasteiger partial charge in [-0.15, -0.1) is 4.91 Å². The van der Waals surface area contributed by atoms with Gasteiger partial charge in [0.05, 0.1) is 0 Å². The second-order valence-corrected chi connectivity index (χ2v) is 0.508. The van der Waals surface area contributed by atoms with Crippen molar-refractivity contribution in [3.63, 3.8) is 0 Å². The SMILES string of the molecule is C=C(O)N=O. The summed E-state index contributed by atoms with van der Waals surface area (Å²) >= 11 is 0. The van der Waals surface area contributed by atoms with E-state index in [-0.39, 0.29) is 0 Å². The van der Waals surface area contributed by atoms with E-state index in [4.69, 9.17) is 10.0 Å². The second kappa shape index (κ2) is 1.46. The largest absolute Gasteiger partial charge is 0.492 e. The van der Waals surface area contributed by atoms with Crippen molar-refractivity contribution < 1.29 is 5.11 Å². The van der Waals surface area contributed by atoms with Crippen molar-refractivity contribution in [1.82, 2.24) is 0 Å². The summed E-state index contributed by atoms with van der Waals surface area (Å²) in [5.74, 6) is -0.676. The second-order valence-electron chi connectivity index (χ2n) is 0.508. The van der Waals surface area contributed by atoms with Crippen LogP contribution in [0.4, 0.5) is 0 Å². The van der Waals surface area contributed by atoms with Gasteiger partial charge in [-0.2, -0.15) is 0 Å². The molecular formula is C2H3NO2. The van der Waals surface area contributed by atoms with Gasteiger partial charge in [-0.05, 0) is 6.58 Å². The van der Waals surface area contributed by atoms with Gasteiger partial charge in [0.2, 0.25) is 5.88 Å². The third kappa shape index (κ3) is 3.14. The van der Waals surface area contributed by atoms with Gasteiger partial charge >= 0.3 is 0 Å². The Balaban J connectivity index is 3.20. The molecule has 1 N–H and O–H groups in total. The van der Waals surface area contributed by atoms with Gasteiger partial charge in [-0.25, -0.2) is 0 Å². The van der Waals surface area contributed by atoms with Crippen LogP contribution in [0.5, 0.6) is 0 Å². The average Bonchev–Trinajstić information content (AvgIpc) is 1.38. The van der Waals surface area contributed by atoms with E-state index >= 15 is 0 Å². The fourth-order valence-electron chi connectivity index (χ4n) is 0. The first-order chi connectivity index (χ1) is 2.27. The summed E-state index contributed by atoms with van der Waals surface area (Å²) in [6.45, 7) is 2.75. The van der Waals surface area contributed by atoms with Gasteiger partial charge in [0.25, 0.3) is 0 Å². The van der Waals surface area contributed by atoms with Gasteiger partial charge in [-0.1, -0.05) is 0 Å². The average molecular weight is 73.1 g/mol. The number of rotatable bonds is 1. The third-order valence-corrected chi connectivity index (χ3v) is 0.105. The Hall–Kier alpha value is -0.860. The molecular weight excluding hydrogens is 70.0 g/mol. The normalized spacial score (nSPS) is 6.40. The molecule has 0 atom stereocenters. The summed E-state index contributed by atoms with van der Waals surface area (Å²) < 4.78 is 0. The molecule has 0 aliphatic carbocycles. The molecule has 0 aromatic carbocycles. The van der Waals surface area contributed by atoms with Crippen molar-refractivity contribution >= 4 is 0 Å². The van der Waals surface area contributed by atoms with Crippen LogP contribution in [0, 0.1) is 4.91 Å². The topological polar surface area (TPSA) is 49.7 Å². The molecule has 0 bridgehead atoms. The van der Waals surface area contributed by atoms with Gasteiger partial charge in [0.1, 0.15) is 0 Å². The van der Waals surface area contributed by atoms with E-state index in [0.29, 0.717) is 0 Å². The standard InChI is InChI=1S/C2H3NO2/c1-2(4)3-5/h4H,1H2. The highest BCUT2D eigenvalue weighted by Gasteiger charge is 1.70. The fraction of sp³-hybridized carbons (Fsp3) is 0. The lowest BCUT2D eigenvalue weighted by atomic mass is 11.0. The Morgan fingerprint density at radius 2 is 2.20 bits per heavy atom. The summed E-state index contributed by atoms with van der Waals surface area (Å²) in [6.07, 6.45) is 0. The number of aliphatic hydroxyl groups excluding tert-OH is 1. The molecule has 0 heterocycles. The van der Waals surface area contributed by atoms with Crippen LogP contribution in [0.25, 0.3) is 0 Å². The molecule has 0 saturated carbocycles. The van der Waals surface area contributed by atoms with Crippen molar-refractivity contribution in [1.29, 1.82) is 0 Å². The molecule has 0 amide bonds. The summed E-state index contributed by atoms with van der Waals surface area (Å²) in [7, 11) is 0. The summed E-state index contributed by atoms with van der Waals surface area (Å²) in [6, 6.07) is 0. The molecule has 3 nitrogen and oxygen atoms in total. The Bertz CT molecular complexity index is 58.7. The van der Waals surface area contributed by atoms with Gasteiger partial charge in [-0.3, -0.25) is 0 Å². The van der Waals surface area contributed by atoms with Crippen LogP contribution in [-0.4, -0.2) is 5.11 Å². The highest BCUT2D eigenvalue weighted by Crippen LogP contribution is 1.75. The minimum atomic E-state index is -0.676. The Morgan fingerprint density at radius 1 is 2.00 bits per heavy atom. The maximum absolute atomic E-state index is 8.91. The molecule has 0 aromatic heterocycles. The number of hydrogen-bond donors (Lipinski definition) is 1. The Morgan fingerprint density at radius 3 is 2.20 bits per heavy atom. The molecule has 0 aromatic rings. The van der Waals surface area contributed by atoms with Crippen LogP contribution < -0.4 is 0 Å². The van der Waals surface area contributed by atoms with E-state index in [2.05, 4.69) is 6.58 Å². The zero-order valence-electron chi connectivity index (χ0n) is 2.51. The summed E-state index contributed by atoms with van der Waals surface area (Å²) in [4.78, 5) is 8.91. The number of nitrogens with zero attached hydrogens (tertiary/aromatic N) is 1. The predicted molar refractivity (Wildman–Crippen MR) is 17.6 cm³/mol. The number of hydrogen-bond acceptors (Lipinski definition) is 3. The Kier molecular flexibility index (Phi) is 1.21. The lowest BCUT2D eigenvalue weighted by molar-refractivity contribution is 0.408. The van der Waals surface area contributed by atoms with E-state index in [1.807, 2.05) is 5.18 Å². The first-order valence-corrected chi connectivity index (χ1v) is 0.983. The Labute approximate surface area is 28.9 Å². The highest BCUT2D eigenvalue weighted by molar-refractivity contribution is 4.71. The molecule has 0 fully saturated rings. The lowest BCUT2D eigenvalue weighted by Gasteiger charge is -1.66. The zero-order valence-corrected chi connectivity index (χ0v) is 2.51. The van der Waals surface area contributed by atoms with Crippen LogP contribution in [0.15, 0.2) is 17.6 Å². The molecule has 0 radical (unpaired) electrons. The molecule has 0 spiro atoms. The van der Waals surface area contributed by atoms with E-state index in [0.717, 1.165) is 0 Å². The third-order valence-electron chi connectivity index (χ3n) is 0.105. The fourth-order valence-corrected chi connectivity index (χ4v) is 0. The quantitative estimate of drug-likeness (QED) is 0.368. The van der Waals surface area contributed by atoms with Crippen molar-refractivity contribution in [2.24, 2.45) is 5.18 Å². The maximum Gasteiger partial charge on any atom is 0.245 e. The van der Waals surface area contributed by atoms with Crippen LogP contribution in [0.2, 0.25) is 0 Å². The monoisotopic (exact) mass is 73.0 g/mol. The lowest BCUT2D eigenvalue weighted by Crippen LogP contribution is -1.59. The van der Waals surface area contributed by atoms with Crippen LogP contribution in [0.3, 0.4) is 0 Å². The van der Waals surface area contributed by atoms with Gasteiger partial charge in [0, 0.05) is 5.18 Å². The molecule has 0 aliphatic heterocycles. The van der Waals surface area contributed by atoms with Crippen LogP contribution in [-0.2, 0) is 0 Å². The van der Waals surface area contributed by atoms with Crippen LogP contribution in [0.1, 0.15) is 0 Å².